The number of hydrogen-bond acceptors (Lipinski definition) is 5. The van der Waals surface area contributed by atoms with E-state index in [4.69, 9.17) is 14.5 Å². The third-order valence-electron chi connectivity index (χ3n) is 4.99. The lowest BCUT2D eigenvalue weighted by atomic mass is 10.0. The number of benzene rings is 2. The van der Waals surface area contributed by atoms with Crippen LogP contribution in [0.5, 0.6) is 11.5 Å². The molecule has 2 aromatic carbocycles. The van der Waals surface area contributed by atoms with Gasteiger partial charge in [-0.3, -0.25) is 4.79 Å². The first-order valence-corrected chi connectivity index (χ1v) is 10.4. The minimum Gasteiger partial charge on any atom is -0.493 e. The maximum absolute atomic E-state index is 13.3. The van der Waals surface area contributed by atoms with Gasteiger partial charge in [-0.25, -0.2) is 4.98 Å². The fourth-order valence-corrected chi connectivity index (χ4v) is 4.08. The van der Waals surface area contributed by atoms with Crippen molar-refractivity contribution in [3.8, 4) is 22.1 Å². The number of methoxy groups -OCH3 is 2. The summed E-state index contributed by atoms with van der Waals surface area (Å²) in [6.07, 6.45) is 0. The van der Waals surface area contributed by atoms with Crippen LogP contribution < -0.4 is 14.8 Å². The Kier molecular flexibility index (Phi) is 5.68. The summed E-state index contributed by atoms with van der Waals surface area (Å²) in [6.45, 7) is 1.95. The van der Waals surface area contributed by atoms with E-state index in [0.29, 0.717) is 17.1 Å². The van der Waals surface area contributed by atoms with Crippen molar-refractivity contribution in [2.45, 2.75) is 13.0 Å². The molecule has 0 aliphatic heterocycles. The number of pyridine rings is 1. The second-order valence-electron chi connectivity index (χ2n) is 6.86. The Labute approximate surface area is 179 Å². The maximum atomic E-state index is 13.3. The molecule has 4 rings (SSSR count). The molecule has 0 unspecified atom stereocenters. The van der Waals surface area contributed by atoms with Gasteiger partial charge in [0.2, 0.25) is 0 Å². The third-order valence-corrected chi connectivity index (χ3v) is 5.88. The largest absolute Gasteiger partial charge is 0.493 e. The Morgan fingerprint density at radius 2 is 1.80 bits per heavy atom. The number of nitrogens with one attached hydrogen (secondary N) is 1. The molecule has 0 aliphatic rings. The van der Waals surface area contributed by atoms with Gasteiger partial charge in [0.25, 0.3) is 5.91 Å². The Balaban J connectivity index is 1.68. The first-order chi connectivity index (χ1) is 14.6. The molecule has 0 aliphatic carbocycles. The van der Waals surface area contributed by atoms with Crippen molar-refractivity contribution in [3.05, 3.63) is 77.2 Å². The number of aromatic nitrogens is 1. The van der Waals surface area contributed by atoms with Crippen molar-refractivity contribution in [1.82, 2.24) is 10.3 Å². The quantitative estimate of drug-likeness (QED) is 0.451. The summed E-state index contributed by atoms with van der Waals surface area (Å²) in [5.41, 5.74) is 3.13. The molecule has 6 heteroatoms. The van der Waals surface area contributed by atoms with Crippen LogP contribution in [0.25, 0.3) is 21.5 Å². The standard InChI is InChI=1S/C24H22N2O3S/c1-15(16-10-11-21(28-2)22(13-16)29-3)25-24(27)18-14-20(23-9-6-12-30-23)26-19-8-5-4-7-17(18)19/h4-15H,1-3H3,(H,25,27)/t15-/m0/s1. The van der Waals surface area contributed by atoms with Gasteiger partial charge in [-0.05, 0) is 48.2 Å². The average molecular weight is 419 g/mol. The number of ether oxygens (including phenoxy) is 2. The first kappa shape index (κ1) is 19.9. The molecule has 30 heavy (non-hydrogen) atoms. The van der Waals surface area contributed by atoms with Crippen molar-refractivity contribution in [2.24, 2.45) is 0 Å². The zero-order valence-electron chi connectivity index (χ0n) is 17.0. The summed E-state index contributed by atoms with van der Waals surface area (Å²) >= 11 is 1.60. The fourth-order valence-electron chi connectivity index (χ4n) is 3.39. The summed E-state index contributed by atoms with van der Waals surface area (Å²) < 4.78 is 10.7. The van der Waals surface area contributed by atoms with Crippen LogP contribution in [0.15, 0.2) is 66.0 Å². The highest BCUT2D eigenvalue weighted by molar-refractivity contribution is 7.13. The van der Waals surface area contributed by atoms with Crippen LogP contribution in [0.3, 0.4) is 0 Å². The van der Waals surface area contributed by atoms with Gasteiger partial charge < -0.3 is 14.8 Å². The van der Waals surface area contributed by atoms with Crippen molar-refractivity contribution in [3.63, 3.8) is 0 Å². The van der Waals surface area contributed by atoms with E-state index in [2.05, 4.69) is 5.32 Å². The van der Waals surface area contributed by atoms with E-state index in [1.54, 1.807) is 25.6 Å². The smallest absolute Gasteiger partial charge is 0.252 e. The number of carbonyl (C=O) groups is 1. The molecule has 2 aromatic heterocycles. The predicted molar refractivity (Wildman–Crippen MR) is 120 cm³/mol. The highest BCUT2D eigenvalue weighted by atomic mass is 32.1. The fraction of sp³-hybridized carbons (Fsp3) is 0.167. The van der Waals surface area contributed by atoms with Gasteiger partial charge in [-0.15, -0.1) is 11.3 Å². The SMILES string of the molecule is COc1ccc([C@H](C)NC(=O)c2cc(-c3cccs3)nc3ccccc23)cc1OC. The van der Waals surface area contributed by atoms with Crippen LogP contribution in [0, 0.1) is 0 Å². The number of thiophene rings is 1. The minimum atomic E-state index is -0.213. The predicted octanol–water partition coefficient (Wildman–Crippen LogP) is 5.47. The Hall–Kier alpha value is -3.38. The van der Waals surface area contributed by atoms with Gasteiger partial charge >= 0.3 is 0 Å². The van der Waals surface area contributed by atoms with Crippen LogP contribution in [0.1, 0.15) is 28.9 Å². The molecule has 0 bridgehead atoms. The molecule has 0 spiro atoms. The highest BCUT2D eigenvalue weighted by Gasteiger charge is 2.18. The molecule has 1 N–H and O–H groups in total. The van der Waals surface area contributed by atoms with Crippen LogP contribution in [0.2, 0.25) is 0 Å². The van der Waals surface area contributed by atoms with E-state index < -0.39 is 0 Å². The van der Waals surface area contributed by atoms with E-state index in [0.717, 1.165) is 27.0 Å². The van der Waals surface area contributed by atoms with Gasteiger partial charge in [0.15, 0.2) is 11.5 Å². The number of hydrogen-bond donors (Lipinski definition) is 1. The van der Waals surface area contributed by atoms with Gasteiger partial charge in [-0.1, -0.05) is 30.3 Å². The van der Waals surface area contributed by atoms with Crippen LogP contribution >= 0.6 is 11.3 Å². The van der Waals surface area contributed by atoms with Gasteiger partial charge in [0, 0.05) is 5.39 Å². The summed E-state index contributed by atoms with van der Waals surface area (Å²) in [5, 5.41) is 5.94. The van der Waals surface area contributed by atoms with Gasteiger partial charge in [-0.2, -0.15) is 0 Å². The third kappa shape index (κ3) is 3.86. The lowest BCUT2D eigenvalue weighted by molar-refractivity contribution is 0.0941. The van der Waals surface area contributed by atoms with Crippen LogP contribution in [-0.2, 0) is 0 Å². The second-order valence-corrected chi connectivity index (χ2v) is 7.81. The molecule has 0 saturated carbocycles. The lowest BCUT2D eigenvalue weighted by Crippen LogP contribution is -2.27. The van der Waals surface area contributed by atoms with E-state index in [1.165, 1.54) is 0 Å². The molecule has 4 aromatic rings. The Morgan fingerprint density at radius 1 is 1.00 bits per heavy atom. The number of carbonyl (C=O) groups excluding carboxylic acids is 1. The molecule has 2 heterocycles. The number of nitrogens with zero attached hydrogens (tertiary/aromatic N) is 1. The topological polar surface area (TPSA) is 60.5 Å². The zero-order valence-corrected chi connectivity index (χ0v) is 17.8. The van der Waals surface area contributed by atoms with Crippen molar-refractivity contribution < 1.29 is 14.3 Å². The van der Waals surface area contributed by atoms with Crippen molar-refractivity contribution in [1.29, 1.82) is 0 Å². The van der Waals surface area contributed by atoms with Gasteiger partial charge in [0.05, 0.1) is 41.9 Å². The summed E-state index contributed by atoms with van der Waals surface area (Å²) in [6, 6.07) is 19.0. The van der Waals surface area contributed by atoms with Crippen molar-refractivity contribution >= 4 is 28.1 Å². The van der Waals surface area contributed by atoms with Crippen LogP contribution in [0.4, 0.5) is 0 Å². The Morgan fingerprint density at radius 3 is 2.53 bits per heavy atom. The molecule has 1 amide bonds. The minimum absolute atomic E-state index is 0.145. The lowest BCUT2D eigenvalue weighted by Gasteiger charge is -2.17. The van der Waals surface area contributed by atoms with Gasteiger partial charge in [0.1, 0.15) is 0 Å². The molecule has 0 saturated heterocycles. The molecular formula is C24H22N2O3S. The average Bonchev–Trinajstić information content (AvgIpc) is 3.32. The summed E-state index contributed by atoms with van der Waals surface area (Å²) in [7, 11) is 3.20. The Bertz CT molecular complexity index is 1190. The number of amides is 1. The first-order valence-electron chi connectivity index (χ1n) is 9.57. The molecule has 0 radical (unpaired) electrons. The zero-order chi connectivity index (χ0) is 21.1. The van der Waals surface area contributed by atoms with Crippen molar-refractivity contribution in [2.75, 3.05) is 14.2 Å². The molecular weight excluding hydrogens is 396 g/mol. The maximum Gasteiger partial charge on any atom is 0.252 e. The summed E-state index contributed by atoms with van der Waals surface area (Å²) in [4.78, 5) is 19.0. The number of fused-ring (bicyclic) bond motifs is 1. The molecule has 152 valence electrons. The second kappa shape index (κ2) is 8.55. The number of rotatable bonds is 6. The molecule has 5 nitrogen and oxygen atoms in total. The van der Waals surface area contributed by atoms with E-state index in [-0.39, 0.29) is 11.9 Å². The van der Waals surface area contributed by atoms with E-state index in [9.17, 15) is 4.79 Å². The highest BCUT2D eigenvalue weighted by Crippen LogP contribution is 2.31. The summed E-state index contributed by atoms with van der Waals surface area (Å²) in [5.74, 6) is 1.14. The van der Waals surface area contributed by atoms with E-state index in [1.807, 2.05) is 73.0 Å². The van der Waals surface area contributed by atoms with E-state index >= 15 is 0 Å². The monoisotopic (exact) mass is 418 g/mol. The molecule has 0 fully saturated rings. The normalized spacial score (nSPS) is 11.8. The number of para-hydroxylation sites is 1. The molecule has 1 atom stereocenters. The van der Waals surface area contributed by atoms with Crippen LogP contribution in [-0.4, -0.2) is 25.1 Å².